The molecule has 0 radical (unpaired) electrons. The highest BCUT2D eigenvalue weighted by molar-refractivity contribution is 6.03. The first-order valence-electron chi connectivity index (χ1n) is 7.73. The van der Waals surface area contributed by atoms with E-state index in [2.05, 4.69) is 5.32 Å². The van der Waals surface area contributed by atoms with Crippen molar-refractivity contribution in [2.75, 3.05) is 31.2 Å². The molecule has 1 fully saturated rings. The molecule has 8 heteroatoms. The highest BCUT2D eigenvalue weighted by Crippen LogP contribution is 2.32. The number of nitrogens with zero attached hydrogens (tertiary/aromatic N) is 1. The molecular weight excluding hydrogens is 316 g/mol. The fourth-order valence-electron chi connectivity index (χ4n) is 2.74. The van der Waals surface area contributed by atoms with Gasteiger partial charge in [-0.15, -0.1) is 0 Å². The third kappa shape index (κ3) is 3.48. The highest BCUT2D eigenvalue weighted by Gasteiger charge is 2.28. The molecule has 24 heavy (non-hydrogen) atoms. The van der Waals surface area contributed by atoms with Crippen LogP contribution in [0.15, 0.2) is 18.2 Å². The number of carbonyl (C=O) groups excluding carboxylic acids is 2. The number of rotatable bonds is 5. The molecule has 8 nitrogen and oxygen atoms in total. The predicted molar refractivity (Wildman–Crippen MR) is 83.2 cm³/mol. The minimum Gasteiger partial charge on any atom is -0.482 e. The monoisotopic (exact) mass is 334 g/mol. The van der Waals surface area contributed by atoms with E-state index in [0.29, 0.717) is 24.6 Å². The zero-order valence-electron chi connectivity index (χ0n) is 13.0. The summed E-state index contributed by atoms with van der Waals surface area (Å²) in [7, 11) is 0. The third-order valence-electron chi connectivity index (χ3n) is 4.00. The maximum Gasteiger partial charge on any atom is 0.335 e. The van der Waals surface area contributed by atoms with Gasteiger partial charge in [0.15, 0.2) is 6.61 Å². The van der Waals surface area contributed by atoms with Crippen molar-refractivity contribution >= 4 is 23.5 Å². The van der Waals surface area contributed by atoms with E-state index in [4.69, 9.17) is 14.6 Å². The molecule has 2 aliphatic heterocycles. The standard InChI is InChI=1S/C16H18N2O6/c19-14(17-7-11-2-1-5-23-11)8-18-12-6-10(16(21)22)3-4-13(12)24-9-15(18)20/h3-4,6,11H,1-2,5,7-9H2,(H,17,19)(H,21,22). The van der Waals surface area contributed by atoms with Crippen molar-refractivity contribution in [3.05, 3.63) is 23.8 Å². The van der Waals surface area contributed by atoms with E-state index >= 15 is 0 Å². The lowest BCUT2D eigenvalue weighted by Gasteiger charge is -2.29. The number of carboxylic acid groups (broad SMARTS) is 1. The van der Waals surface area contributed by atoms with Crippen LogP contribution in [0.5, 0.6) is 5.75 Å². The van der Waals surface area contributed by atoms with Crippen molar-refractivity contribution in [2.24, 2.45) is 0 Å². The van der Waals surface area contributed by atoms with Gasteiger partial charge in [-0.1, -0.05) is 0 Å². The summed E-state index contributed by atoms with van der Waals surface area (Å²) in [5, 5.41) is 11.8. The summed E-state index contributed by atoms with van der Waals surface area (Å²) in [4.78, 5) is 36.6. The average Bonchev–Trinajstić information content (AvgIpc) is 3.08. The number of nitrogens with one attached hydrogen (secondary N) is 1. The maximum absolute atomic E-state index is 12.1. The summed E-state index contributed by atoms with van der Waals surface area (Å²) in [6.07, 6.45) is 1.90. The van der Waals surface area contributed by atoms with Crippen molar-refractivity contribution in [1.82, 2.24) is 5.32 Å². The molecule has 2 heterocycles. The molecule has 1 aromatic carbocycles. The normalized spacial score (nSPS) is 19.6. The van der Waals surface area contributed by atoms with Crippen LogP contribution in [0.4, 0.5) is 5.69 Å². The van der Waals surface area contributed by atoms with Gasteiger partial charge in [-0.05, 0) is 31.0 Å². The van der Waals surface area contributed by atoms with Crippen molar-refractivity contribution in [3.63, 3.8) is 0 Å². The molecule has 128 valence electrons. The van der Waals surface area contributed by atoms with Crippen molar-refractivity contribution in [2.45, 2.75) is 18.9 Å². The number of carbonyl (C=O) groups is 3. The Morgan fingerprint density at radius 3 is 2.92 bits per heavy atom. The number of amides is 2. The molecule has 1 saturated heterocycles. The van der Waals surface area contributed by atoms with Crippen molar-refractivity contribution in [3.8, 4) is 5.75 Å². The smallest absolute Gasteiger partial charge is 0.335 e. The van der Waals surface area contributed by atoms with Gasteiger partial charge in [0.2, 0.25) is 5.91 Å². The molecule has 0 aromatic heterocycles. The molecule has 2 N–H and O–H groups in total. The van der Waals surface area contributed by atoms with E-state index in [-0.39, 0.29) is 30.7 Å². The number of ether oxygens (including phenoxy) is 2. The predicted octanol–water partition coefficient (Wildman–Crippen LogP) is 0.405. The summed E-state index contributed by atoms with van der Waals surface area (Å²) < 4.78 is 10.7. The van der Waals surface area contributed by atoms with Crippen LogP contribution in [0.25, 0.3) is 0 Å². The van der Waals surface area contributed by atoms with Crippen LogP contribution in [-0.4, -0.2) is 55.3 Å². The zero-order chi connectivity index (χ0) is 17.1. The van der Waals surface area contributed by atoms with Crippen LogP contribution < -0.4 is 15.0 Å². The summed E-state index contributed by atoms with van der Waals surface area (Å²) in [5.74, 6) is -1.45. The number of aromatic carboxylic acids is 1. The lowest BCUT2D eigenvalue weighted by Crippen LogP contribution is -2.46. The second-order valence-electron chi connectivity index (χ2n) is 5.70. The molecule has 0 bridgehead atoms. The van der Waals surface area contributed by atoms with E-state index < -0.39 is 11.9 Å². The SMILES string of the molecule is O=C(CN1C(=O)COc2ccc(C(=O)O)cc21)NCC1CCCO1. The van der Waals surface area contributed by atoms with Gasteiger partial charge in [-0.25, -0.2) is 4.79 Å². The quantitative estimate of drug-likeness (QED) is 0.808. The Balaban J connectivity index is 1.70. The van der Waals surface area contributed by atoms with E-state index in [0.717, 1.165) is 12.8 Å². The molecule has 2 amide bonds. The van der Waals surface area contributed by atoms with Gasteiger partial charge in [0, 0.05) is 13.2 Å². The van der Waals surface area contributed by atoms with Crippen LogP contribution >= 0.6 is 0 Å². The Hall–Kier alpha value is -2.61. The number of hydrogen-bond donors (Lipinski definition) is 2. The Labute approximate surface area is 138 Å². The van der Waals surface area contributed by atoms with Crippen LogP contribution in [-0.2, 0) is 14.3 Å². The molecule has 1 aromatic rings. The maximum atomic E-state index is 12.1. The number of carboxylic acids is 1. The second-order valence-corrected chi connectivity index (χ2v) is 5.70. The van der Waals surface area contributed by atoms with E-state index in [1.54, 1.807) is 0 Å². The fourth-order valence-corrected chi connectivity index (χ4v) is 2.74. The van der Waals surface area contributed by atoms with Gasteiger partial charge >= 0.3 is 5.97 Å². The first-order chi connectivity index (χ1) is 11.5. The summed E-state index contributed by atoms with van der Waals surface area (Å²) >= 11 is 0. The average molecular weight is 334 g/mol. The fraction of sp³-hybridized carbons (Fsp3) is 0.438. The zero-order valence-corrected chi connectivity index (χ0v) is 13.0. The lowest BCUT2D eigenvalue weighted by molar-refractivity contribution is -0.125. The molecule has 1 atom stereocenters. The molecule has 0 aliphatic carbocycles. The molecule has 2 aliphatic rings. The first-order valence-corrected chi connectivity index (χ1v) is 7.73. The number of fused-ring (bicyclic) bond motifs is 1. The van der Waals surface area contributed by atoms with Crippen molar-refractivity contribution < 1.29 is 29.0 Å². The molecule has 1 unspecified atom stereocenters. The topological polar surface area (TPSA) is 105 Å². The Bertz CT molecular complexity index is 669. The largest absolute Gasteiger partial charge is 0.482 e. The lowest BCUT2D eigenvalue weighted by atomic mass is 10.1. The van der Waals surface area contributed by atoms with Gasteiger partial charge < -0.3 is 19.9 Å². The summed E-state index contributed by atoms with van der Waals surface area (Å²) in [6, 6.07) is 4.22. The minimum atomic E-state index is -1.11. The van der Waals surface area contributed by atoms with Gasteiger partial charge in [0.1, 0.15) is 12.3 Å². The Morgan fingerprint density at radius 1 is 1.38 bits per heavy atom. The first kappa shape index (κ1) is 16.3. The van der Waals surface area contributed by atoms with Crippen LogP contribution in [0, 0.1) is 0 Å². The Morgan fingerprint density at radius 2 is 2.21 bits per heavy atom. The molecule has 0 spiro atoms. The third-order valence-corrected chi connectivity index (χ3v) is 4.00. The molecular formula is C16H18N2O6. The molecule has 3 rings (SSSR count). The number of benzene rings is 1. The van der Waals surface area contributed by atoms with E-state index in [1.165, 1.54) is 23.1 Å². The van der Waals surface area contributed by atoms with Crippen molar-refractivity contribution in [1.29, 1.82) is 0 Å². The van der Waals surface area contributed by atoms with Crippen LogP contribution in [0.1, 0.15) is 23.2 Å². The van der Waals surface area contributed by atoms with Crippen LogP contribution in [0.3, 0.4) is 0 Å². The summed E-state index contributed by atoms with van der Waals surface area (Å²) in [6.45, 7) is 0.733. The molecule has 0 saturated carbocycles. The van der Waals surface area contributed by atoms with Gasteiger partial charge in [0.05, 0.1) is 17.4 Å². The number of hydrogen-bond acceptors (Lipinski definition) is 5. The van der Waals surface area contributed by atoms with Gasteiger partial charge in [0.25, 0.3) is 5.91 Å². The van der Waals surface area contributed by atoms with Crippen LogP contribution in [0.2, 0.25) is 0 Å². The Kier molecular flexibility index (Phi) is 4.66. The highest BCUT2D eigenvalue weighted by atomic mass is 16.5. The van der Waals surface area contributed by atoms with Gasteiger partial charge in [-0.2, -0.15) is 0 Å². The van der Waals surface area contributed by atoms with E-state index in [9.17, 15) is 14.4 Å². The minimum absolute atomic E-state index is 0.0141. The summed E-state index contributed by atoms with van der Waals surface area (Å²) in [5.41, 5.74) is 0.315. The van der Waals surface area contributed by atoms with Gasteiger partial charge in [-0.3, -0.25) is 14.5 Å². The second kappa shape index (κ2) is 6.88. The van der Waals surface area contributed by atoms with E-state index in [1.807, 2.05) is 0 Å². The number of anilines is 1.